The zero-order valence-corrected chi connectivity index (χ0v) is 13.3. The van der Waals surface area contributed by atoms with Crippen LogP contribution in [0.25, 0.3) is 10.2 Å². The van der Waals surface area contributed by atoms with Crippen LogP contribution in [0.15, 0.2) is 17.1 Å². The van der Waals surface area contributed by atoms with E-state index in [2.05, 4.69) is 10.9 Å². The molecule has 120 valence electrons. The molecule has 0 saturated heterocycles. The van der Waals surface area contributed by atoms with Gasteiger partial charge in [-0.2, -0.15) is 4.99 Å². The summed E-state index contributed by atoms with van der Waals surface area (Å²) < 4.78 is 29.3. The molecule has 23 heavy (non-hydrogen) atoms. The Kier molecular flexibility index (Phi) is 4.58. The molecular weight excluding hydrogens is 318 g/mol. The van der Waals surface area contributed by atoms with Crippen molar-refractivity contribution in [3.63, 3.8) is 0 Å². The Hall–Kier alpha value is -2.00. The highest BCUT2D eigenvalue weighted by atomic mass is 32.1. The monoisotopic (exact) mass is 334 g/mol. The van der Waals surface area contributed by atoms with Crippen LogP contribution in [0.5, 0.6) is 0 Å². The van der Waals surface area contributed by atoms with Crippen LogP contribution in [-0.2, 0) is 11.3 Å². The molecule has 1 amide bonds. The first-order valence-corrected chi connectivity index (χ1v) is 8.39. The highest BCUT2D eigenvalue weighted by Crippen LogP contribution is 2.28. The van der Waals surface area contributed by atoms with Gasteiger partial charge in [-0.05, 0) is 24.8 Å². The number of halogens is 2. The van der Waals surface area contributed by atoms with Crippen molar-refractivity contribution in [3.05, 3.63) is 28.6 Å². The minimum atomic E-state index is -0.698. The molecule has 1 fully saturated rings. The van der Waals surface area contributed by atoms with E-state index >= 15 is 0 Å². The normalized spacial score (nSPS) is 16.1. The van der Waals surface area contributed by atoms with Gasteiger partial charge in [0.25, 0.3) is 0 Å². The van der Waals surface area contributed by atoms with Crippen LogP contribution in [0.4, 0.5) is 8.78 Å². The molecule has 1 aliphatic carbocycles. The van der Waals surface area contributed by atoms with Crippen LogP contribution in [0.2, 0.25) is 0 Å². The molecule has 0 unspecified atom stereocenters. The highest BCUT2D eigenvalue weighted by molar-refractivity contribution is 7.16. The molecule has 0 bridgehead atoms. The molecule has 1 heterocycles. The van der Waals surface area contributed by atoms with Crippen molar-refractivity contribution >= 4 is 27.5 Å². The number of hydrogen-bond acceptors (Lipinski definition) is 2. The minimum Gasteiger partial charge on any atom is -0.302 e. The van der Waals surface area contributed by atoms with Crippen molar-refractivity contribution < 1.29 is 13.6 Å². The predicted molar refractivity (Wildman–Crippen MR) is 85.7 cm³/mol. The molecule has 0 atom stereocenters. The first-order chi connectivity index (χ1) is 11.1. The lowest BCUT2D eigenvalue weighted by Gasteiger charge is -2.04. The predicted octanol–water partition coefficient (Wildman–Crippen LogP) is 3.62. The number of amides is 1. The lowest BCUT2D eigenvalue weighted by atomic mass is 10.0. The molecule has 0 N–H and O–H groups in total. The summed E-state index contributed by atoms with van der Waals surface area (Å²) in [4.78, 5) is 16.6. The second-order valence-electron chi connectivity index (χ2n) is 5.77. The van der Waals surface area contributed by atoms with Gasteiger partial charge in [0.2, 0.25) is 5.91 Å². The summed E-state index contributed by atoms with van der Waals surface area (Å²) >= 11 is 1.08. The first-order valence-electron chi connectivity index (χ1n) is 7.58. The molecule has 1 aromatic carbocycles. The molecule has 6 heteroatoms. The van der Waals surface area contributed by atoms with Crippen LogP contribution >= 0.6 is 11.3 Å². The van der Waals surface area contributed by atoms with E-state index in [0.717, 1.165) is 43.1 Å². The third-order valence-electron chi connectivity index (χ3n) is 4.10. The van der Waals surface area contributed by atoms with Crippen molar-refractivity contribution in [2.24, 2.45) is 10.9 Å². The molecule has 1 aliphatic rings. The number of fused-ring (bicyclic) bond motifs is 1. The van der Waals surface area contributed by atoms with Gasteiger partial charge in [-0.15, -0.1) is 6.42 Å². The van der Waals surface area contributed by atoms with Crippen LogP contribution in [0, 0.1) is 29.9 Å². The number of benzene rings is 1. The topological polar surface area (TPSA) is 34.4 Å². The van der Waals surface area contributed by atoms with E-state index in [9.17, 15) is 13.6 Å². The summed E-state index contributed by atoms with van der Waals surface area (Å²) in [6, 6.07) is 2.04. The highest BCUT2D eigenvalue weighted by Gasteiger charge is 2.19. The molecule has 2 aromatic rings. The number of carbonyl (C=O) groups is 1. The smallest absolute Gasteiger partial charge is 0.248 e. The van der Waals surface area contributed by atoms with Crippen molar-refractivity contribution in [2.45, 2.75) is 38.6 Å². The summed E-state index contributed by atoms with van der Waals surface area (Å²) in [7, 11) is 0. The molecular formula is C17H16F2N2OS. The summed E-state index contributed by atoms with van der Waals surface area (Å²) in [6.45, 7) is 0.0814. The molecule has 0 radical (unpaired) electrons. The van der Waals surface area contributed by atoms with Gasteiger partial charge in [0, 0.05) is 12.5 Å². The summed E-state index contributed by atoms with van der Waals surface area (Å²) in [5.74, 6) is 1.23. The van der Waals surface area contributed by atoms with E-state index in [4.69, 9.17) is 6.42 Å². The Balaban J connectivity index is 2.03. The fourth-order valence-electron chi connectivity index (χ4n) is 3.07. The number of aromatic nitrogens is 1. The Bertz CT molecular complexity index is 854. The summed E-state index contributed by atoms with van der Waals surface area (Å²) in [5, 5.41) is 0. The Morgan fingerprint density at radius 2 is 2.13 bits per heavy atom. The first kappa shape index (κ1) is 15.9. The maximum atomic E-state index is 14.1. The molecule has 1 saturated carbocycles. The van der Waals surface area contributed by atoms with E-state index in [-0.39, 0.29) is 18.0 Å². The summed E-state index contributed by atoms with van der Waals surface area (Å²) in [5.41, 5.74) is 0.196. The average Bonchev–Trinajstić information content (AvgIpc) is 3.08. The Morgan fingerprint density at radius 1 is 1.39 bits per heavy atom. The van der Waals surface area contributed by atoms with Crippen molar-refractivity contribution in [1.82, 2.24) is 4.57 Å². The second-order valence-corrected chi connectivity index (χ2v) is 6.78. The van der Waals surface area contributed by atoms with Gasteiger partial charge >= 0.3 is 0 Å². The summed E-state index contributed by atoms with van der Waals surface area (Å²) in [6.07, 6.45) is 10.2. The van der Waals surface area contributed by atoms with Gasteiger partial charge in [-0.25, -0.2) is 8.78 Å². The van der Waals surface area contributed by atoms with Crippen LogP contribution < -0.4 is 4.80 Å². The third kappa shape index (κ3) is 3.35. The van der Waals surface area contributed by atoms with Crippen molar-refractivity contribution in [2.75, 3.05) is 0 Å². The van der Waals surface area contributed by atoms with E-state index in [0.29, 0.717) is 21.8 Å². The zero-order valence-electron chi connectivity index (χ0n) is 12.5. The Labute approximate surface area is 136 Å². The maximum Gasteiger partial charge on any atom is 0.248 e. The molecule has 0 spiro atoms. The largest absolute Gasteiger partial charge is 0.302 e. The van der Waals surface area contributed by atoms with Crippen molar-refractivity contribution in [1.29, 1.82) is 0 Å². The average molecular weight is 334 g/mol. The van der Waals surface area contributed by atoms with Gasteiger partial charge in [-0.3, -0.25) is 4.79 Å². The molecule has 3 nitrogen and oxygen atoms in total. The fraction of sp³-hybridized carbons (Fsp3) is 0.412. The lowest BCUT2D eigenvalue weighted by molar-refractivity contribution is -0.118. The van der Waals surface area contributed by atoms with E-state index in [1.54, 1.807) is 0 Å². The number of thiazole rings is 1. The van der Waals surface area contributed by atoms with Gasteiger partial charge in [0.15, 0.2) is 10.6 Å². The number of nitrogens with zero attached hydrogens (tertiary/aromatic N) is 2. The van der Waals surface area contributed by atoms with Gasteiger partial charge < -0.3 is 4.57 Å². The fourth-order valence-corrected chi connectivity index (χ4v) is 4.15. The number of rotatable bonds is 3. The lowest BCUT2D eigenvalue weighted by Crippen LogP contribution is -2.17. The second kappa shape index (κ2) is 6.63. The van der Waals surface area contributed by atoms with E-state index in [1.807, 2.05) is 0 Å². The zero-order chi connectivity index (χ0) is 16.4. The quantitative estimate of drug-likeness (QED) is 0.790. The van der Waals surface area contributed by atoms with Crippen LogP contribution in [0.1, 0.15) is 32.1 Å². The van der Waals surface area contributed by atoms with Gasteiger partial charge in [0.05, 0.1) is 16.8 Å². The van der Waals surface area contributed by atoms with Gasteiger partial charge in [-0.1, -0.05) is 30.1 Å². The molecule has 0 aliphatic heterocycles. The third-order valence-corrected chi connectivity index (χ3v) is 5.13. The standard InChI is InChI=1S/C17H16F2N2OS/c1-2-7-21-16-13(19)9-12(18)10-14(16)23-17(21)20-15(22)8-11-5-3-4-6-11/h1,9-11H,3-8H2. The van der Waals surface area contributed by atoms with E-state index < -0.39 is 11.6 Å². The van der Waals surface area contributed by atoms with Crippen molar-refractivity contribution in [3.8, 4) is 12.3 Å². The van der Waals surface area contributed by atoms with Crippen LogP contribution in [-0.4, -0.2) is 10.5 Å². The maximum absolute atomic E-state index is 14.1. The number of terminal acetylenes is 1. The Morgan fingerprint density at radius 3 is 2.83 bits per heavy atom. The van der Waals surface area contributed by atoms with E-state index in [1.165, 1.54) is 10.6 Å². The number of hydrogen-bond donors (Lipinski definition) is 0. The number of carbonyl (C=O) groups excluding carboxylic acids is 1. The van der Waals surface area contributed by atoms with Gasteiger partial charge in [0.1, 0.15) is 5.82 Å². The SMILES string of the molecule is C#CCn1c(=NC(=O)CC2CCCC2)sc2cc(F)cc(F)c21. The minimum absolute atomic E-state index is 0.0814. The molecule has 3 rings (SSSR count). The van der Waals surface area contributed by atoms with Crippen LogP contribution in [0.3, 0.4) is 0 Å². The molecule has 1 aromatic heterocycles.